The van der Waals surface area contributed by atoms with Gasteiger partial charge in [-0.25, -0.2) is 0 Å². The summed E-state index contributed by atoms with van der Waals surface area (Å²) >= 11 is 0. The van der Waals surface area contributed by atoms with Gasteiger partial charge in [-0.1, -0.05) is 41.5 Å². The van der Waals surface area contributed by atoms with Gasteiger partial charge in [0.15, 0.2) is 0 Å². The van der Waals surface area contributed by atoms with Gasteiger partial charge < -0.3 is 0 Å². The van der Waals surface area contributed by atoms with Crippen LogP contribution >= 0.6 is 0 Å². The number of hydrogen-bond acceptors (Lipinski definition) is 1. The van der Waals surface area contributed by atoms with Gasteiger partial charge in [-0.2, -0.15) is 0 Å². The Balaban J connectivity index is 0.000000671. The lowest BCUT2D eigenvalue weighted by Gasteiger charge is -2.11. The molecule has 1 aliphatic heterocycles. The summed E-state index contributed by atoms with van der Waals surface area (Å²) in [5.74, 6) is 1.30. The molecule has 0 bridgehead atoms. The third kappa shape index (κ3) is 3.33. The number of nitrogens with zero attached hydrogens (tertiary/aromatic N) is 1. The monoisotopic (exact) mass is 181 g/mol. The molecule has 1 rings (SSSR count). The van der Waals surface area contributed by atoms with Gasteiger partial charge in [0.1, 0.15) is 0 Å². The maximum absolute atomic E-state index is 4.29. The molecule has 0 aromatic heterocycles. The van der Waals surface area contributed by atoms with Gasteiger partial charge in [0, 0.05) is 6.21 Å². The minimum Gasteiger partial charge on any atom is -0.288 e. The van der Waals surface area contributed by atoms with Crippen molar-refractivity contribution in [3.8, 4) is 0 Å². The van der Waals surface area contributed by atoms with Gasteiger partial charge in [0.2, 0.25) is 0 Å². The number of aliphatic imine (C=N–C) groups is 1. The lowest BCUT2D eigenvalue weighted by Crippen LogP contribution is -2.03. The van der Waals surface area contributed by atoms with Gasteiger partial charge in [0.05, 0.1) is 6.54 Å². The molecule has 0 aromatic rings. The van der Waals surface area contributed by atoms with Crippen LogP contribution in [-0.4, -0.2) is 12.8 Å². The van der Waals surface area contributed by atoms with Crippen molar-refractivity contribution < 1.29 is 0 Å². The number of hydrogen-bond donors (Lipinski definition) is 0. The molecule has 0 amide bonds. The highest BCUT2D eigenvalue weighted by atomic mass is 14.7. The van der Waals surface area contributed by atoms with E-state index >= 15 is 0 Å². The van der Waals surface area contributed by atoms with Gasteiger partial charge in [0.25, 0.3) is 0 Å². The van der Waals surface area contributed by atoms with Gasteiger partial charge in [-0.15, -0.1) is 0 Å². The van der Waals surface area contributed by atoms with Crippen molar-refractivity contribution in [2.45, 2.75) is 41.5 Å². The van der Waals surface area contributed by atoms with Crippen LogP contribution in [0.15, 0.2) is 16.1 Å². The van der Waals surface area contributed by atoms with Crippen molar-refractivity contribution in [3.63, 3.8) is 0 Å². The Labute approximate surface area is 83.0 Å². The molecule has 0 aromatic carbocycles. The maximum atomic E-state index is 4.29. The summed E-state index contributed by atoms with van der Waals surface area (Å²) in [6.07, 6.45) is 2.04. The highest BCUT2D eigenvalue weighted by molar-refractivity contribution is 5.83. The first kappa shape index (κ1) is 12.4. The van der Waals surface area contributed by atoms with Gasteiger partial charge in [-0.05, 0) is 23.0 Å². The molecule has 0 unspecified atom stereocenters. The zero-order valence-corrected chi connectivity index (χ0v) is 9.89. The van der Waals surface area contributed by atoms with Crippen LogP contribution in [0.4, 0.5) is 0 Å². The van der Waals surface area contributed by atoms with Crippen LogP contribution in [0.3, 0.4) is 0 Å². The summed E-state index contributed by atoms with van der Waals surface area (Å²) in [4.78, 5) is 4.29. The summed E-state index contributed by atoms with van der Waals surface area (Å²) in [7, 11) is 0. The molecule has 1 heteroatoms. The fourth-order valence-corrected chi connectivity index (χ4v) is 1.45. The average Bonchev–Trinajstić information content (AvgIpc) is 2.55. The molecular formula is C12H23N. The average molecular weight is 181 g/mol. The highest BCUT2D eigenvalue weighted by Crippen LogP contribution is 2.23. The second kappa shape index (κ2) is 5.95. The number of allylic oxidation sites excluding steroid dienone is 1. The van der Waals surface area contributed by atoms with E-state index in [-0.39, 0.29) is 0 Å². The van der Waals surface area contributed by atoms with E-state index in [0.717, 1.165) is 6.54 Å². The molecule has 0 saturated heterocycles. The SMILES string of the molecule is CC.CC(C)C1=C(C(C)C)CN=C1. The summed E-state index contributed by atoms with van der Waals surface area (Å²) < 4.78 is 0. The first-order chi connectivity index (χ1) is 6.13. The normalized spacial score (nSPS) is 15.4. The Bertz CT molecular complexity index is 197. The van der Waals surface area contributed by atoms with Crippen LogP contribution in [0.1, 0.15) is 41.5 Å². The van der Waals surface area contributed by atoms with Gasteiger partial charge in [-0.3, -0.25) is 4.99 Å². The highest BCUT2D eigenvalue weighted by Gasteiger charge is 2.15. The van der Waals surface area contributed by atoms with Crippen molar-refractivity contribution >= 4 is 6.21 Å². The zero-order valence-electron chi connectivity index (χ0n) is 9.89. The largest absolute Gasteiger partial charge is 0.288 e. The summed E-state index contributed by atoms with van der Waals surface area (Å²) in [6, 6.07) is 0. The fraction of sp³-hybridized carbons (Fsp3) is 0.750. The molecule has 1 nitrogen and oxygen atoms in total. The molecule has 0 radical (unpaired) electrons. The summed E-state index contributed by atoms with van der Waals surface area (Å²) in [5, 5.41) is 0. The minimum absolute atomic E-state index is 0.638. The van der Waals surface area contributed by atoms with E-state index in [1.807, 2.05) is 20.1 Å². The predicted molar refractivity (Wildman–Crippen MR) is 61.4 cm³/mol. The second-order valence-electron chi connectivity index (χ2n) is 3.76. The van der Waals surface area contributed by atoms with Crippen molar-refractivity contribution in [1.29, 1.82) is 0 Å². The van der Waals surface area contributed by atoms with Crippen LogP contribution in [0.2, 0.25) is 0 Å². The van der Waals surface area contributed by atoms with E-state index in [9.17, 15) is 0 Å². The second-order valence-corrected chi connectivity index (χ2v) is 3.76. The van der Waals surface area contributed by atoms with E-state index in [2.05, 4.69) is 32.7 Å². The molecule has 0 aliphatic carbocycles. The number of rotatable bonds is 2. The van der Waals surface area contributed by atoms with Crippen LogP contribution < -0.4 is 0 Å². The summed E-state index contributed by atoms with van der Waals surface area (Å²) in [6.45, 7) is 13.9. The molecule has 1 aliphatic rings. The quantitative estimate of drug-likeness (QED) is 0.616. The van der Waals surface area contributed by atoms with E-state index in [0.29, 0.717) is 11.8 Å². The van der Waals surface area contributed by atoms with Crippen molar-refractivity contribution in [2.75, 3.05) is 6.54 Å². The molecule has 76 valence electrons. The molecular weight excluding hydrogens is 158 g/mol. The van der Waals surface area contributed by atoms with E-state index in [4.69, 9.17) is 0 Å². The molecule has 0 atom stereocenters. The third-order valence-corrected chi connectivity index (χ3v) is 2.18. The Morgan fingerprint density at radius 1 is 1.08 bits per heavy atom. The van der Waals surface area contributed by atoms with E-state index < -0.39 is 0 Å². The molecule has 0 spiro atoms. The summed E-state index contributed by atoms with van der Waals surface area (Å²) in [5.41, 5.74) is 2.99. The lowest BCUT2D eigenvalue weighted by atomic mass is 9.93. The van der Waals surface area contributed by atoms with Crippen molar-refractivity contribution in [2.24, 2.45) is 16.8 Å². The Morgan fingerprint density at radius 2 is 1.62 bits per heavy atom. The fourth-order valence-electron chi connectivity index (χ4n) is 1.45. The Morgan fingerprint density at radius 3 is 1.92 bits per heavy atom. The molecule has 0 saturated carbocycles. The molecule has 0 N–H and O–H groups in total. The van der Waals surface area contributed by atoms with Crippen LogP contribution in [0.25, 0.3) is 0 Å². The standard InChI is InChI=1S/C10H17N.C2H6/c1-7(2)9-5-11-6-10(9)8(3)4;1-2/h5,7-8H,6H2,1-4H3;1-2H3. The Hall–Kier alpha value is -0.590. The Kier molecular flexibility index (Phi) is 5.68. The first-order valence-electron chi connectivity index (χ1n) is 5.35. The molecule has 13 heavy (non-hydrogen) atoms. The predicted octanol–water partition coefficient (Wildman–Crippen LogP) is 3.71. The van der Waals surface area contributed by atoms with Gasteiger partial charge >= 0.3 is 0 Å². The molecule has 1 heterocycles. The maximum Gasteiger partial charge on any atom is 0.0608 e. The lowest BCUT2D eigenvalue weighted by molar-refractivity contribution is 0.712. The third-order valence-electron chi connectivity index (χ3n) is 2.18. The van der Waals surface area contributed by atoms with E-state index in [1.54, 1.807) is 0 Å². The smallest absolute Gasteiger partial charge is 0.0608 e. The van der Waals surface area contributed by atoms with Crippen molar-refractivity contribution in [1.82, 2.24) is 0 Å². The minimum atomic E-state index is 0.638. The van der Waals surface area contributed by atoms with E-state index in [1.165, 1.54) is 11.1 Å². The zero-order chi connectivity index (χ0) is 10.4. The van der Waals surface area contributed by atoms with Crippen LogP contribution in [0, 0.1) is 11.8 Å². The van der Waals surface area contributed by atoms with Crippen LogP contribution in [0.5, 0.6) is 0 Å². The molecule has 0 fully saturated rings. The van der Waals surface area contributed by atoms with Crippen LogP contribution in [-0.2, 0) is 0 Å². The van der Waals surface area contributed by atoms with Crippen molar-refractivity contribution in [3.05, 3.63) is 11.1 Å². The topological polar surface area (TPSA) is 12.4 Å². The first-order valence-corrected chi connectivity index (χ1v) is 5.35.